The Kier molecular flexibility index (Phi) is 3.88. The Morgan fingerprint density at radius 3 is 3.06 bits per heavy atom. The van der Waals surface area contributed by atoms with Crippen molar-refractivity contribution in [1.82, 2.24) is 19.5 Å². The predicted molar refractivity (Wildman–Crippen MR) is 68.2 cm³/mol. The van der Waals surface area contributed by atoms with E-state index in [2.05, 4.69) is 10.1 Å². The molecule has 2 heterocycles. The number of nitrogens with two attached hydrogens (primary N) is 1. The van der Waals surface area contributed by atoms with Crippen LogP contribution in [-0.4, -0.2) is 45.0 Å². The average Bonchev–Trinajstić information content (AvgIpc) is 2.83. The number of carbonyl (C=O) groups is 1. The third kappa shape index (κ3) is 2.33. The van der Waals surface area contributed by atoms with E-state index in [4.69, 9.17) is 5.73 Å². The van der Waals surface area contributed by atoms with Crippen molar-refractivity contribution in [3.05, 3.63) is 30.4 Å². The van der Waals surface area contributed by atoms with E-state index in [9.17, 15) is 4.79 Å². The summed E-state index contributed by atoms with van der Waals surface area (Å²) in [7, 11) is 0. The van der Waals surface area contributed by atoms with Crippen molar-refractivity contribution >= 4 is 11.4 Å². The smallest absolute Gasteiger partial charge is 0.257 e. The molecule has 0 bridgehead atoms. The lowest BCUT2D eigenvalue weighted by Gasteiger charge is -2.19. The van der Waals surface area contributed by atoms with Gasteiger partial charge in [0.2, 0.25) is 0 Å². The summed E-state index contributed by atoms with van der Waals surface area (Å²) in [6.45, 7) is 3.87. The normalized spacial score (nSPS) is 10.8. The minimum atomic E-state index is -0.0195. The van der Waals surface area contributed by atoms with Crippen molar-refractivity contribution in [3.63, 3.8) is 0 Å². The molecule has 0 aliphatic carbocycles. The number of hydrogen-bond donors (Lipinski definition) is 1. The summed E-state index contributed by atoms with van der Waals surface area (Å²) in [5.74, 6) is -0.0195. The predicted octanol–water partition coefficient (Wildman–Crippen LogP) is 0.540. The molecule has 96 valence electrons. The summed E-state index contributed by atoms with van der Waals surface area (Å²) < 4.78 is 1.65. The van der Waals surface area contributed by atoms with Crippen molar-refractivity contribution < 1.29 is 4.79 Å². The zero-order valence-corrected chi connectivity index (χ0v) is 10.4. The number of amides is 1. The van der Waals surface area contributed by atoms with Crippen molar-refractivity contribution in [2.45, 2.75) is 13.3 Å². The number of hydrogen-bond acceptors (Lipinski definition) is 4. The molecule has 2 aromatic rings. The number of aromatic nitrogens is 3. The molecule has 0 fully saturated rings. The molecule has 2 aromatic heterocycles. The standard InChI is InChI=1S/C12H17N5O/c1-2-16(6-3-4-13)12(18)10-8-15-17-7-5-14-9-11(10)17/h5,7-9H,2-4,6,13H2,1H3. The van der Waals surface area contributed by atoms with Crippen LogP contribution in [0.3, 0.4) is 0 Å². The van der Waals surface area contributed by atoms with E-state index in [1.807, 2.05) is 6.92 Å². The van der Waals surface area contributed by atoms with Gasteiger partial charge in [-0.3, -0.25) is 9.78 Å². The minimum absolute atomic E-state index is 0.0195. The summed E-state index contributed by atoms with van der Waals surface area (Å²) in [4.78, 5) is 18.2. The molecule has 0 atom stereocenters. The van der Waals surface area contributed by atoms with Crippen LogP contribution in [0.4, 0.5) is 0 Å². The summed E-state index contributed by atoms with van der Waals surface area (Å²) in [5.41, 5.74) is 6.79. The highest BCUT2D eigenvalue weighted by Gasteiger charge is 2.18. The first-order valence-electron chi connectivity index (χ1n) is 6.04. The topological polar surface area (TPSA) is 76.5 Å². The molecular weight excluding hydrogens is 230 g/mol. The van der Waals surface area contributed by atoms with Gasteiger partial charge in [-0.15, -0.1) is 0 Å². The number of fused-ring (bicyclic) bond motifs is 1. The van der Waals surface area contributed by atoms with E-state index in [0.717, 1.165) is 11.9 Å². The lowest BCUT2D eigenvalue weighted by Crippen LogP contribution is -2.32. The largest absolute Gasteiger partial charge is 0.339 e. The number of carbonyl (C=O) groups excluding carboxylic acids is 1. The van der Waals surface area contributed by atoms with Gasteiger partial charge < -0.3 is 10.6 Å². The highest BCUT2D eigenvalue weighted by molar-refractivity contribution is 6.00. The molecule has 2 rings (SSSR count). The first-order valence-corrected chi connectivity index (χ1v) is 6.04. The maximum absolute atomic E-state index is 12.4. The van der Waals surface area contributed by atoms with E-state index in [1.54, 1.807) is 34.2 Å². The maximum atomic E-state index is 12.4. The highest BCUT2D eigenvalue weighted by Crippen LogP contribution is 2.12. The molecule has 18 heavy (non-hydrogen) atoms. The summed E-state index contributed by atoms with van der Waals surface area (Å²) in [6.07, 6.45) is 7.40. The fraction of sp³-hybridized carbons (Fsp3) is 0.417. The van der Waals surface area contributed by atoms with Crippen molar-refractivity contribution in [3.8, 4) is 0 Å². The lowest BCUT2D eigenvalue weighted by atomic mass is 10.2. The van der Waals surface area contributed by atoms with Gasteiger partial charge >= 0.3 is 0 Å². The summed E-state index contributed by atoms with van der Waals surface area (Å²) in [6, 6.07) is 0. The van der Waals surface area contributed by atoms with E-state index in [-0.39, 0.29) is 5.91 Å². The molecule has 1 amide bonds. The van der Waals surface area contributed by atoms with Crippen LogP contribution in [0.15, 0.2) is 24.8 Å². The van der Waals surface area contributed by atoms with Crippen LogP contribution in [0.5, 0.6) is 0 Å². The first-order chi connectivity index (χ1) is 8.77. The first kappa shape index (κ1) is 12.5. The zero-order chi connectivity index (χ0) is 13.0. The Hall–Kier alpha value is -1.95. The molecule has 0 saturated heterocycles. The molecule has 0 unspecified atom stereocenters. The van der Waals surface area contributed by atoms with Crippen LogP contribution in [0.1, 0.15) is 23.7 Å². The molecular formula is C12H17N5O. The molecule has 0 aromatic carbocycles. The summed E-state index contributed by atoms with van der Waals surface area (Å²) >= 11 is 0. The van der Waals surface area contributed by atoms with Gasteiger partial charge in [0, 0.05) is 25.5 Å². The van der Waals surface area contributed by atoms with Gasteiger partial charge in [0.1, 0.15) is 0 Å². The molecule has 6 nitrogen and oxygen atoms in total. The third-order valence-corrected chi connectivity index (χ3v) is 2.86. The van der Waals surface area contributed by atoms with Crippen LogP contribution in [0.25, 0.3) is 5.52 Å². The molecule has 0 aliphatic rings. The molecule has 2 N–H and O–H groups in total. The minimum Gasteiger partial charge on any atom is -0.339 e. The molecule has 0 radical (unpaired) electrons. The van der Waals surface area contributed by atoms with Gasteiger partial charge in [-0.05, 0) is 19.9 Å². The molecule has 0 spiro atoms. The quantitative estimate of drug-likeness (QED) is 0.836. The Bertz CT molecular complexity index is 536. The molecule has 6 heteroatoms. The fourth-order valence-corrected chi connectivity index (χ4v) is 1.85. The third-order valence-electron chi connectivity index (χ3n) is 2.86. The van der Waals surface area contributed by atoms with Crippen LogP contribution in [0.2, 0.25) is 0 Å². The van der Waals surface area contributed by atoms with Crippen molar-refractivity contribution in [2.75, 3.05) is 19.6 Å². The number of rotatable bonds is 5. The Balaban J connectivity index is 2.26. The van der Waals surface area contributed by atoms with Crippen molar-refractivity contribution in [1.29, 1.82) is 0 Å². The Labute approximate surface area is 105 Å². The van der Waals surface area contributed by atoms with E-state index in [1.165, 1.54) is 0 Å². The average molecular weight is 247 g/mol. The molecule has 0 saturated carbocycles. The van der Waals surface area contributed by atoms with Gasteiger partial charge in [0.15, 0.2) is 0 Å². The van der Waals surface area contributed by atoms with Crippen LogP contribution >= 0.6 is 0 Å². The van der Waals surface area contributed by atoms with Crippen LogP contribution in [0, 0.1) is 0 Å². The second-order valence-electron chi connectivity index (χ2n) is 3.99. The van der Waals surface area contributed by atoms with Gasteiger partial charge in [-0.2, -0.15) is 5.10 Å². The van der Waals surface area contributed by atoms with Gasteiger partial charge in [-0.25, -0.2) is 4.52 Å². The van der Waals surface area contributed by atoms with Crippen molar-refractivity contribution in [2.24, 2.45) is 5.73 Å². The molecule has 0 aliphatic heterocycles. The Morgan fingerprint density at radius 1 is 1.50 bits per heavy atom. The van der Waals surface area contributed by atoms with E-state index in [0.29, 0.717) is 25.2 Å². The van der Waals surface area contributed by atoms with Gasteiger partial charge in [0.25, 0.3) is 5.91 Å². The Morgan fingerprint density at radius 2 is 2.33 bits per heavy atom. The monoisotopic (exact) mass is 247 g/mol. The van der Waals surface area contributed by atoms with E-state index >= 15 is 0 Å². The second-order valence-corrected chi connectivity index (χ2v) is 3.99. The number of nitrogens with zero attached hydrogens (tertiary/aromatic N) is 4. The zero-order valence-electron chi connectivity index (χ0n) is 10.4. The second kappa shape index (κ2) is 5.59. The highest BCUT2D eigenvalue weighted by atomic mass is 16.2. The van der Waals surface area contributed by atoms with Gasteiger partial charge in [-0.1, -0.05) is 0 Å². The van der Waals surface area contributed by atoms with Crippen LogP contribution < -0.4 is 5.73 Å². The lowest BCUT2D eigenvalue weighted by molar-refractivity contribution is 0.0765. The summed E-state index contributed by atoms with van der Waals surface area (Å²) in [5, 5.41) is 4.14. The fourth-order valence-electron chi connectivity index (χ4n) is 1.85. The van der Waals surface area contributed by atoms with Crippen LogP contribution in [-0.2, 0) is 0 Å². The SMILES string of the molecule is CCN(CCCN)C(=O)c1cnn2ccncc12. The van der Waals surface area contributed by atoms with E-state index < -0.39 is 0 Å². The maximum Gasteiger partial charge on any atom is 0.257 e. The van der Waals surface area contributed by atoms with Gasteiger partial charge in [0.05, 0.1) is 23.5 Å².